The molecular formula is C53H95N4O6P. The van der Waals surface area contributed by atoms with E-state index in [1.807, 2.05) is 18.2 Å². The number of aliphatic hydroxyl groups excluding tert-OH is 1. The average Bonchev–Trinajstić information content (AvgIpc) is 3.68. The van der Waals surface area contributed by atoms with Crippen molar-refractivity contribution in [2.45, 2.75) is 232 Å². The summed E-state index contributed by atoms with van der Waals surface area (Å²) in [4.78, 5) is 9.60. The molecule has 1 unspecified atom stereocenters. The van der Waals surface area contributed by atoms with Gasteiger partial charge in [-0.2, -0.15) is 0 Å². The van der Waals surface area contributed by atoms with Gasteiger partial charge in [0.1, 0.15) is 17.4 Å². The number of hydrogen-bond donors (Lipinski definition) is 2. The number of unbranched alkanes of at least 4 members (excludes halogenated alkanes) is 27. The molecule has 0 aliphatic carbocycles. The van der Waals surface area contributed by atoms with Gasteiger partial charge < -0.3 is 38.5 Å². The molecule has 0 bridgehead atoms. The zero-order valence-electron chi connectivity index (χ0n) is 41.3. The second-order valence-electron chi connectivity index (χ2n) is 18.2. The number of aromatic nitrogens is 3. The minimum absolute atomic E-state index is 0.113. The Morgan fingerprint density at radius 1 is 0.562 bits per heavy atom. The van der Waals surface area contributed by atoms with Crippen LogP contribution < -0.4 is 5.73 Å². The Balaban J connectivity index is 1.44. The number of nitrogens with two attached hydrogens (primary N) is 1. The van der Waals surface area contributed by atoms with E-state index in [9.17, 15) is 5.11 Å². The average molecular weight is 915 g/mol. The van der Waals surface area contributed by atoms with Crippen molar-refractivity contribution in [1.82, 2.24) is 14.5 Å². The number of hydrogen-bond acceptors (Lipinski definition) is 9. The molecule has 0 radical (unpaired) electrons. The zero-order chi connectivity index (χ0) is 45.6. The molecule has 368 valence electrons. The second kappa shape index (κ2) is 39.1. The molecule has 3 N–H and O–H groups in total. The highest BCUT2D eigenvalue weighted by Gasteiger charge is 2.21. The maximum absolute atomic E-state index is 9.64. The van der Waals surface area contributed by atoms with Crippen molar-refractivity contribution >= 4 is 36.4 Å². The van der Waals surface area contributed by atoms with Crippen LogP contribution in [0.15, 0.2) is 24.3 Å². The fraction of sp³-hybridized carbons (Fsp3) is 0.811. The number of fused-ring (bicyclic) bond motifs is 3. The van der Waals surface area contributed by atoms with Crippen molar-refractivity contribution in [3.8, 4) is 0 Å². The molecule has 2 atom stereocenters. The smallest absolute Gasteiger partial charge is 0.332 e. The Labute approximate surface area is 392 Å². The van der Waals surface area contributed by atoms with Gasteiger partial charge in [0.2, 0.25) is 0 Å². The number of aliphatic hydroxyl groups is 1. The molecule has 0 spiro atoms. The van der Waals surface area contributed by atoms with Crippen LogP contribution in [0.25, 0.3) is 21.9 Å². The van der Waals surface area contributed by atoms with Crippen LogP contribution in [0.5, 0.6) is 0 Å². The van der Waals surface area contributed by atoms with Gasteiger partial charge in [0, 0.05) is 31.6 Å². The van der Waals surface area contributed by atoms with Crippen molar-refractivity contribution in [2.24, 2.45) is 0 Å². The van der Waals surface area contributed by atoms with Gasteiger partial charge >= 0.3 is 8.60 Å². The van der Waals surface area contributed by atoms with Gasteiger partial charge in [-0.1, -0.05) is 212 Å². The summed E-state index contributed by atoms with van der Waals surface area (Å²) in [5.41, 5.74) is 9.00. The van der Waals surface area contributed by atoms with Crippen molar-refractivity contribution < 1.29 is 28.2 Å². The first kappa shape index (κ1) is 56.4. The Morgan fingerprint density at radius 2 is 1.06 bits per heavy atom. The Morgan fingerprint density at radius 3 is 1.61 bits per heavy atom. The molecule has 3 rings (SSSR count). The summed E-state index contributed by atoms with van der Waals surface area (Å²) in [6.07, 6.45) is 40.2. The van der Waals surface area contributed by atoms with Crippen molar-refractivity contribution in [3.63, 3.8) is 0 Å². The molecule has 64 heavy (non-hydrogen) atoms. The maximum Gasteiger partial charge on any atom is 0.332 e. The first-order valence-electron chi connectivity index (χ1n) is 26.6. The van der Waals surface area contributed by atoms with Crippen LogP contribution in [0.4, 0.5) is 5.82 Å². The number of aryl methyl sites for hydroxylation is 1. The molecule has 1 aromatic carbocycles. The van der Waals surface area contributed by atoms with Gasteiger partial charge in [0.15, 0.2) is 5.82 Å². The lowest BCUT2D eigenvalue weighted by atomic mass is 10.0. The van der Waals surface area contributed by atoms with E-state index in [2.05, 4.69) is 36.4 Å². The minimum Gasteiger partial charge on any atom is -0.394 e. The molecule has 0 aliphatic heterocycles. The van der Waals surface area contributed by atoms with E-state index in [4.69, 9.17) is 33.8 Å². The summed E-state index contributed by atoms with van der Waals surface area (Å²) in [6.45, 7) is 9.88. The monoisotopic (exact) mass is 915 g/mol. The summed E-state index contributed by atoms with van der Waals surface area (Å²) >= 11 is 0. The number of para-hydroxylation sites is 1. The molecule has 0 fully saturated rings. The lowest BCUT2D eigenvalue weighted by Gasteiger charge is -2.22. The number of pyridine rings is 1. The Kier molecular flexibility index (Phi) is 34.5. The summed E-state index contributed by atoms with van der Waals surface area (Å²) in [7, 11) is -1.73. The van der Waals surface area contributed by atoms with Crippen LogP contribution in [0.3, 0.4) is 0 Å². The van der Waals surface area contributed by atoms with Gasteiger partial charge in [0.25, 0.3) is 0 Å². The van der Waals surface area contributed by atoms with Crippen LogP contribution in [-0.4, -0.2) is 72.0 Å². The van der Waals surface area contributed by atoms with Crippen LogP contribution in [0.1, 0.15) is 219 Å². The van der Waals surface area contributed by atoms with Gasteiger partial charge in [-0.15, -0.1) is 0 Å². The molecule has 0 saturated heterocycles. The molecule has 0 saturated carbocycles. The lowest BCUT2D eigenvalue weighted by Crippen LogP contribution is -2.26. The van der Waals surface area contributed by atoms with Gasteiger partial charge in [-0.05, 0) is 25.3 Å². The normalized spacial score (nSPS) is 12.9. The van der Waals surface area contributed by atoms with E-state index >= 15 is 0 Å². The van der Waals surface area contributed by atoms with E-state index in [0.717, 1.165) is 66.5 Å². The maximum atomic E-state index is 9.64. The van der Waals surface area contributed by atoms with Crippen LogP contribution >= 0.6 is 8.60 Å². The predicted octanol–water partition coefficient (Wildman–Crippen LogP) is 15.1. The third kappa shape index (κ3) is 25.3. The zero-order valence-corrected chi connectivity index (χ0v) is 42.2. The van der Waals surface area contributed by atoms with Gasteiger partial charge in [-0.25, -0.2) is 9.97 Å². The molecule has 11 heteroatoms. The summed E-state index contributed by atoms with van der Waals surface area (Å²) in [6, 6.07) is 8.07. The van der Waals surface area contributed by atoms with E-state index in [0.29, 0.717) is 38.8 Å². The predicted molar refractivity (Wildman–Crippen MR) is 271 cm³/mol. The van der Waals surface area contributed by atoms with Crippen molar-refractivity contribution in [2.75, 3.05) is 52.0 Å². The molecule has 10 nitrogen and oxygen atoms in total. The number of benzene rings is 1. The number of anilines is 1. The van der Waals surface area contributed by atoms with Crippen molar-refractivity contribution in [1.29, 1.82) is 0 Å². The molecule has 2 aromatic heterocycles. The summed E-state index contributed by atoms with van der Waals surface area (Å²) < 4.78 is 33.4. The fourth-order valence-electron chi connectivity index (χ4n) is 8.55. The number of rotatable bonds is 46. The summed E-state index contributed by atoms with van der Waals surface area (Å²) in [5.74, 6) is 1.41. The molecule has 3 aromatic rings. The van der Waals surface area contributed by atoms with Crippen LogP contribution in [0, 0.1) is 0 Å². The third-order valence-corrected chi connectivity index (χ3v) is 13.6. The topological polar surface area (TPSA) is 123 Å². The Bertz CT molecular complexity index is 1530. The quantitative estimate of drug-likeness (QED) is 0.0421. The largest absolute Gasteiger partial charge is 0.394 e. The standard InChI is InChI=1S/C53H95N4O6P/c1-4-7-10-12-14-16-18-20-22-24-26-28-30-34-41-59-45-47(60-42-35-31-29-27-25-23-21-19-17-15-13-11-8-5-2)46-63-64(62-44-40-58)61-43-39-57-50(38-9-6-3)56-51-52(57)48-36-32-33-37-49(48)55-53(51)54/h32-33,36-37,47,58H,4-31,34-35,38-46H2,1-3H3,(H2,54,55)/t47-,64?/m1/s1. The lowest BCUT2D eigenvalue weighted by molar-refractivity contribution is -0.0427. The third-order valence-electron chi connectivity index (χ3n) is 12.4. The fourth-order valence-corrected chi connectivity index (χ4v) is 9.53. The van der Waals surface area contributed by atoms with Crippen LogP contribution in [-0.2, 0) is 36.0 Å². The highest BCUT2D eigenvalue weighted by Crippen LogP contribution is 2.40. The molecular weight excluding hydrogens is 820 g/mol. The SMILES string of the molecule is CCCCCCCCCCCCCCCCOC[C@H](COP(OCCO)OCCn1c(CCCC)nc2c(N)nc3ccccc3c21)OCCCCCCCCCCCCCCCC. The minimum atomic E-state index is -1.73. The second-order valence-corrected chi connectivity index (χ2v) is 19.4. The molecule has 2 heterocycles. The van der Waals surface area contributed by atoms with Crippen molar-refractivity contribution in [3.05, 3.63) is 30.1 Å². The van der Waals surface area contributed by atoms with Gasteiger partial charge in [-0.3, -0.25) is 0 Å². The van der Waals surface area contributed by atoms with E-state index in [-0.39, 0.29) is 19.3 Å². The Hall–Kier alpha value is -1.91. The number of ether oxygens (including phenoxy) is 2. The first-order chi connectivity index (χ1) is 31.6. The molecule has 0 amide bonds. The first-order valence-corrected chi connectivity index (χ1v) is 27.7. The number of nitrogen functional groups attached to an aromatic ring is 1. The molecule has 0 aliphatic rings. The summed E-state index contributed by atoms with van der Waals surface area (Å²) in [5, 5.41) is 10.7. The number of imidazole rings is 1. The van der Waals surface area contributed by atoms with E-state index in [1.165, 1.54) is 167 Å². The van der Waals surface area contributed by atoms with Crippen LogP contribution in [0.2, 0.25) is 0 Å². The van der Waals surface area contributed by atoms with E-state index in [1.54, 1.807) is 0 Å². The van der Waals surface area contributed by atoms with E-state index < -0.39 is 8.60 Å². The highest BCUT2D eigenvalue weighted by molar-refractivity contribution is 7.41. The number of nitrogens with zero attached hydrogens (tertiary/aromatic N) is 3. The highest BCUT2D eigenvalue weighted by atomic mass is 31.2. The van der Waals surface area contributed by atoms with Gasteiger partial charge in [0.05, 0.1) is 44.1 Å².